The van der Waals surface area contributed by atoms with Gasteiger partial charge in [0.05, 0.1) is 0 Å². The maximum Gasteiger partial charge on any atom is 0.261 e. The first kappa shape index (κ1) is 15.0. The second-order valence-corrected chi connectivity index (χ2v) is 5.30. The van der Waals surface area contributed by atoms with Crippen molar-refractivity contribution in [1.29, 1.82) is 0 Å². The molecule has 2 N–H and O–H groups in total. The Balaban J connectivity index is 2.46. The van der Waals surface area contributed by atoms with Crippen LogP contribution in [0.15, 0.2) is 27.1 Å². The summed E-state index contributed by atoms with van der Waals surface area (Å²) in [7, 11) is 0. The molecule has 1 unspecified atom stereocenters. The Bertz CT molecular complexity index is 363. The lowest BCUT2D eigenvalue weighted by Gasteiger charge is -2.14. The molecule has 1 rings (SSSR count). The summed E-state index contributed by atoms with van der Waals surface area (Å²) in [5.74, 6) is 0. The summed E-state index contributed by atoms with van der Waals surface area (Å²) in [5, 5.41) is 0. The lowest BCUT2D eigenvalue weighted by atomic mass is 10.1. The van der Waals surface area contributed by atoms with Crippen LogP contribution in [-0.4, -0.2) is 19.6 Å². The Kier molecular flexibility index (Phi) is 6.54. The number of rotatable bonds is 6. The first-order valence-electron chi connectivity index (χ1n) is 5.07. The van der Waals surface area contributed by atoms with Crippen LogP contribution in [0.4, 0.5) is 8.78 Å². The zero-order chi connectivity index (χ0) is 12.8. The summed E-state index contributed by atoms with van der Waals surface area (Å²) in [4.78, 5) is 0. The first-order chi connectivity index (χ1) is 8.00. The van der Waals surface area contributed by atoms with Crippen molar-refractivity contribution in [2.24, 2.45) is 5.73 Å². The minimum absolute atomic E-state index is 0.227. The van der Waals surface area contributed by atoms with E-state index in [1.807, 2.05) is 18.2 Å². The molecular formula is C11H13Br2F2NO. The largest absolute Gasteiger partial charge is 0.375 e. The van der Waals surface area contributed by atoms with E-state index in [9.17, 15) is 8.78 Å². The minimum atomic E-state index is -2.43. The standard InChI is InChI=1S/C11H13Br2F2NO/c12-7-1-2-9(13)8(5-7)10(16)3-4-17-6-11(14)15/h1-2,5,10-11H,3-4,6,16H2. The van der Waals surface area contributed by atoms with Crippen LogP contribution >= 0.6 is 31.9 Å². The zero-order valence-corrected chi connectivity index (χ0v) is 12.2. The highest BCUT2D eigenvalue weighted by Gasteiger charge is 2.11. The molecule has 0 heterocycles. The van der Waals surface area contributed by atoms with Gasteiger partial charge >= 0.3 is 0 Å². The van der Waals surface area contributed by atoms with Crippen molar-refractivity contribution in [3.8, 4) is 0 Å². The smallest absolute Gasteiger partial charge is 0.261 e. The predicted octanol–water partition coefficient (Wildman–Crippen LogP) is 3.88. The van der Waals surface area contributed by atoms with E-state index in [2.05, 4.69) is 31.9 Å². The Morgan fingerprint density at radius 3 is 2.65 bits per heavy atom. The molecule has 96 valence electrons. The van der Waals surface area contributed by atoms with Gasteiger partial charge in [0, 0.05) is 21.6 Å². The highest BCUT2D eigenvalue weighted by Crippen LogP contribution is 2.27. The van der Waals surface area contributed by atoms with E-state index < -0.39 is 13.0 Å². The summed E-state index contributed by atoms with van der Waals surface area (Å²) in [6.07, 6.45) is -1.93. The van der Waals surface area contributed by atoms with E-state index in [0.717, 1.165) is 14.5 Å². The Labute approximate surface area is 116 Å². The van der Waals surface area contributed by atoms with Gasteiger partial charge < -0.3 is 10.5 Å². The normalized spacial score (nSPS) is 13.1. The van der Waals surface area contributed by atoms with Crippen LogP contribution in [0.1, 0.15) is 18.0 Å². The third kappa shape index (κ3) is 5.42. The number of ether oxygens (including phenoxy) is 1. The van der Waals surface area contributed by atoms with Crippen LogP contribution < -0.4 is 5.73 Å². The summed E-state index contributed by atoms with van der Waals surface area (Å²) < 4.78 is 30.3. The summed E-state index contributed by atoms with van der Waals surface area (Å²) in [5.41, 5.74) is 6.89. The van der Waals surface area contributed by atoms with Gasteiger partial charge in [0.15, 0.2) is 0 Å². The molecule has 1 atom stereocenters. The van der Waals surface area contributed by atoms with Gasteiger partial charge in [0.2, 0.25) is 0 Å². The molecular weight excluding hydrogens is 360 g/mol. The van der Waals surface area contributed by atoms with Crippen molar-refractivity contribution in [2.45, 2.75) is 18.9 Å². The van der Waals surface area contributed by atoms with Gasteiger partial charge in [-0.25, -0.2) is 8.78 Å². The van der Waals surface area contributed by atoms with Crippen LogP contribution in [0.5, 0.6) is 0 Å². The summed E-state index contributed by atoms with van der Waals surface area (Å²) in [6.45, 7) is -0.309. The Hall–Kier alpha value is -0.0400. The third-order valence-electron chi connectivity index (χ3n) is 2.17. The predicted molar refractivity (Wildman–Crippen MR) is 70.2 cm³/mol. The molecule has 1 aromatic rings. The molecule has 0 spiro atoms. The fourth-order valence-electron chi connectivity index (χ4n) is 1.34. The molecule has 0 amide bonds. The molecule has 0 aliphatic carbocycles. The van der Waals surface area contributed by atoms with Gasteiger partial charge in [-0.3, -0.25) is 0 Å². The first-order valence-corrected chi connectivity index (χ1v) is 6.65. The molecule has 0 aliphatic rings. The average molecular weight is 373 g/mol. The van der Waals surface area contributed by atoms with E-state index in [1.54, 1.807) is 0 Å². The van der Waals surface area contributed by atoms with E-state index in [1.165, 1.54) is 0 Å². The monoisotopic (exact) mass is 371 g/mol. The van der Waals surface area contributed by atoms with Gasteiger partial charge in [-0.1, -0.05) is 31.9 Å². The molecule has 0 bridgehead atoms. The van der Waals surface area contributed by atoms with E-state index in [-0.39, 0.29) is 12.6 Å². The van der Waals surface area contributed by atoms with Crippen LogP contribution in [0.3, 0.4) is 0 Å². The number of hydrogen-bond donors (Lipinski definition) is 1. The van der Waals surface area contributed by atoms with Crippen molar-refractivity contribution < 1.29 is 13.5 Å². The molecule has 6 heteroatoms. The molecule has 0 aliphatic heterocycles. The minimum Gasteiger partial charge on any atom is -0.375 e. The molecule has 0 aromatic heterocycles. The number of benzene rings is 1. The van der Waals surface area contributed by atoms with Crippen molar-refractivity contribution in [3.05, 3.63) is 32.7 Å². The van der Waals surface area contributed by atoms with Gasteiger partial charge in [-0.05, 0) is 30.2 Å². The van der Waals surface area contributed by atoms with Crippen LogP contribution in [0.2, 0.25) is 0 Å². The number of halogens is 4. The second-order valence-electron chi connectivity index (χ2n) is 3.53. The van der Waals surface area contributed by atoms with Crippen LogP contribution in [-0.2, 0) is 4.74 Å². The van der Waals surface area contributed by atoms with Crippen molar-refractivity contribution in [1.82, 2.24) is 0 Å². The fourth-order valence-corrected chi connectivity index (χ4v) is 2.26. The molecule has 2 nitrogen and oxygen atoms in total. The molecule has 17 heavy (non-hydrogen) atoms. The number of hydrogen-bond acceptors (Lipinski definition) is 2. The van der Waals surface area contributed by atoms with Gasteiger partial charge in [-0.15, -0.1) is 0 Å². The lowest BCUT2D eigenvalue weighted by molar-refractivity contribution is 0.0152. The number of alkyl halides is 2. The van der Waals surface area contributed by atoms with Crippen LogP contribution in [0, 0.1) is 0 Å². The van der Waals surface area contributed by atoms with Gasteiger partial charge in [0.1, 0.15) is 6.61 Å². The molecule has 1 aromatic carbocycles. The lowest BCUT2D eigenvalue weighted by Crippen LogP contribution is -2.15. The van der Waals surface area contributed by atoms with Crippen molar-refractivity contribution in [2.75, 3.05) is 13.2 Å². The summed E-state index contributed by atoms with van der Waals surface area (Å²) >= 11 is 6.76. The Morgan fingerprint density at radius 1 is 1.29 bits per heavy atom. The van der Waals surface area contributed by atoms with Gasteiger partial charge in [0.25, 0.3) is 6.43 Å². The topological polar surface area (TPSA) is 35.2 Å². The maximum absolute atomic E-state index is 11.8. The van der Waals surface area contributed by atoms with Crippen molar-refractivity contribution in [3.63, 3.8) is 0 Å². The maximum atomic E-state index is 11.8. The second kappa shape index (κ2) is 7.41. The highest BCUT2D eigenvalue weighted by atomic mass is 79.9. The van der Waals surface area contributed by atoms with E-state index >= 15 is 0 Å². The van der Waals surface area contributed by atoms with Crippen LogP contribution in [0.25, 0.3) is 0 Å². The third-order valence-corrected chi connectivity index (χ3v) is 3.39. The summed E-state index contributed by atoms with van der Waals surface area (Å²) in [6, 6.07) is 5.45. The molecule has 0 saturated carbocycles. The molecule has 0 saturated heterocycles. The van der Waals surface area contributed by atoms with Gasteiger partial charge in [-0.2, -0.15) is 0 Å². The zero-order valence-electron chi connectivity index (χ0n) is 9.01. The highest BCUT2D eigenvalue weighted by molar-refractivity contribution is 9.11. The van der Waals surface area contributed by atoms with Crippen molar-refractivity contribution >= 4 is 31.9 Å². The number of nitrogens with two attached hydrogens (primary N) is 1. The average Bonchev–Trinajstić information content (AvgIpc) is 2.27. The van der Waals surface area contributed by atoms with E-state index in [4.69, 9.17) is 10.5 Å². The van der Waals surface area contributed by atoms with E-state index in [0.29, 0.717) is 6.42 Å². The Morgan fingerprint density at radius 2 is 2.00 bits per heavy atom. The SMILES string of the molecule is NC(CCOCC(F)F)c1cc(Br)ccc1Br. The molecule has 0 fully saturated rings. The molecule has 0 radical (unpaired) electrons. The quantitative estimate of drug-likeness (QED) is 0.769. The fraction of sp³-hybridized carbons (Fsp3) is 0.455.